The van der Waals surface area contributed by atoms with Gasteiger partial charge in [-0.25, -0.2) is 22.3 Å². The molecular formula is C10H9BrF2N2O3S. The first kappa shape index (κ1) is 14.4. The average molecular weight is 355 g/mol. The molecule has 1 saturated heterocycles. The lowest BCUT2D eigenvalue weighted by Crippen LogP contribution is -2.32. The summed E-state index contributed by atoms with van der Waals surface area (Å²) in [4.78, 5) is 12.7. The van der Waals surface area contributed by atoms with Gasteiger partial charge < -0.3 is 4.90 Å². The molecule has 9 heteroatoms. The maximum absolute atomic E-state index is 13.4. The van der Waals surface area contributed by atoms with Crippen LogP contribution in [0.5, 0.6) is 0 Å². The van der Waals surface area contributed by atoms with E-state index in [2.05, 4.69) is 15.9 Å². The zero-order valence-corrected chi connectivity index (χ0v) is 11.8. The third kappa shape index (κ3) is 2.77. The summed E-state index contributed by atoms with van der Waals surface area (Å²) in [5.41, 5.74) is -0.0330. The number of halogens is 3. The Labute approximate surface area is 116 Å². The van der Waals surface area contributed by atoms with Crippen LogP contribution in [0, 0.1) is 11.6 Å². The van der Waals surface area contributed by atoms with Gasteiger partial charge in [-0.3, -0.25) is 4.79 Å². The zero-order valence-electron chi connectivity index (χ0n) is 9.44. The second kappa shape index (κ2) is 4.80. The standard InChI is InChI=1S/C10H9BrF2N2O3S/c11-10-7(12)1-5(2-8(10)13)15-4-6(3-9(15)16)19(14,17)18/h1-2,6H,3-4H2,(H2,14,17,18). The smallest absolute Gasteiger partial charge is 0.228 e. The van der Waals surface area contributed by atoms with Crippen molar-refractivity contribution in [1.82, 2.24) is 0 Å². The lowest BCUT2D eigenvalue weighted by molar-refractivity contribution is -0.117. The van der Waals surface area contributed by atoms with Gasteiger partial charge in [0, 0.05) is 18.7 Å². The number of benzene rings is 1. The van der Waals surface area contributed by atoms with Crippen molar-refractivity contribution in [3.05, 3.63) is 28.2 Å². The SMILES string of the molecule is NS(=O)(=O)C1CC(=O)N(c2cc(F)c(Br)c(F)c2)C1. The third-order valence-electron chi connectivity index (χ3n) is 2.83. The summed E-state index contributed by atoms with van der Waals surface area (Å²) in [7, 11) is -3.86. The van der Waals surface area contributed by atoms with Gasteiger partial charge in [0.15, 0.2) is 0 Å². The van der Waals surface area contributed by atoms with Gasteiger partial charge in [-0.05, 0) is 28.1 Å². The van der Waals surface area contributed by atoms with Crippen molar-refractivity contribution in [3.8, 4) is 0 Å². The van der Waals surface area contributed by atoms with E-state index in [-0.39, 0.29) is 23.1 Å². The molecule has 0 saturated carbocycles. The Balaban J connectivity index is 2.36. The van der Waals surface area contributed by atoms with Crippen LogP contribution in [0.1, 0.15) is 6.42 Å². The van der Waals surface area contributed by atoms with Gasteiger partial charge in [0.05, 0.1) is 4.47 Å². The van der Waals surface area contributed by atoms with Crippen LogP contribution in [0.4, 0.5) is 14.5 Å². The number of carbonyl (C=O) groups excluding carboxylic acids is 1. The molecule has 1 aromatic carbocycles. The van der Waals surface area contributed by atoms with E-state index in [9.17, 15) is 22.0 Å². The van der Waals surface area contributed by atoms with Crippen molar-refractivity contribution in [3.63, 3.8) is 0 Å². The molecule has 2 rings (SSSR count). The molecule has 1 fully saturated rings. The first-order chi connectivity index (χ1) is 8.70. The minimum Gasteiger partial charge on any atom is -0.311 e. The summed E-state index contributed by atoms with van der Waals surface area (Å²) in [5, 5.41) is 3.90. The Hall–Kier alpha value is -1.06. The predicted octanol–water partition coefficient (Wildman–Crippen LogP) is 1.12. The molecule has 0 aromatic heterocycles. The topological polar surface area (TPSA) is 80.5 Å². The zero-order chi connectivity index (χ0) is 14.4. The highest BCUT2D eigenvalue weighted by molar-refractivity contribution is 9.10. The monoisotopic (exact) mass is 354 g/mol. The van der Waals surface area contributed by atoms with Crippen LogP contribution < -0.4 is 10.0 Å². The van der Waals surface area contributed by atoms with Crippen LogP contribution in [0.15, 0.2) is 16.6 Å². The summed E-state index contributed by atoms with van der Waals surface area (Å²) in [5.74, 6) is -2.29. The minimum absolute atomic E-state index is 0.0330. The highest BCUT2D eigenvalue weighted by Crippen LogP contribution is 2.29. The van der Waals surface area contributed by atoms with Crippen LogP contribution in [-0.2, 0) is 14.8 Å². The average Bonchev–Trinajstić information content (AvgIpc) is 2.67. The number of primary sulfonamides is 1. The largest absolute Gasteiger partial charge is 0.311 e. The number of hydrogen-bond donors (Lipinski definition) is 1. The van der Waals surface area contributed by atoms with Crippen LogP contribution in [0.3, 0.4) is 0 Å². The molecule has 0 aliphatic carbocycles. The van der Waals surface area contributed by atoms with Gasteiger partial charge in [0.25, 0.3) is 0 Å². The van der Waals surface area contributed by atoms with Crippen LogP contribution in [-0.4, -0.2) is 26.1 Å². The first-order valence-corrected chi connectivity index (χ1v) is 7.57. The van der Waals surface area contributed by atoms with Gasteiger partial charge in [0.1, 0.15) is 16.9 Å². The second-order valence-corrected chi connectivity index (χ2v) is 6.78. The lowest BCUT2D eigenvalue weighted by Gasteiger charge is -2.17. The number of hydrogen-bond acceptors (Lipinski definition) is 3. The maximum Gasteiger partial charge on any atom is 0.228 e. The van der Waals surface area contributed by atoms with Crippen molar-refractivity contribution in [1.29, 1.82) is 0 Å². The second-order valence-electron chi connectivity index (χ2n) is 4.14. The Kier molecular flexibility index (Phi) is 3.63. The van der Waals surface area contributed by atoms with E-state index in [0.717, 1.165) is 17.0 Å². The van der Waals surface area contributed by atoms with Crippen molar-refractivity contribution in [2.75, 3.05) is 11.4 Å². The van der Waals surface area contributed by atoms with Gasteiger partial charge >= 0.3 is 0 Å². The summed E-state index contributed by atoms with van der Waals surface area (Å²) >= 11 is 2.71. The van der Waals surface area contributed by atoms with Gasteiger partial charge in [-0.15, -0.1) is 0 Å². The van der Waals surface area contributed by atoms with Crippen LogP contribution >= 0.6 is 15.9 Å². The van der Waals surface area contributed by atoms with E-state index in [4.69, 9.17) is 5.14 Å². The normalized spacial score (nSPS) is 20.1. The quantitative estimate of drug-likeness (QED) is 0.808. The Morgan fingerprint density at radius 2 is 1.84 bits per heavy atom. The van der Waals surface area contributed by atoms with Gasteiger partial charge in [-0.1, -0.05) is 0 Å². The number of amides is 1. The molecule has 2 N–H and O–H groups in total. The van der Waals surface area contributed by atoms with Gasteiger partial charge in [-0.2, -0.15) is 0 Å². The molecule has 1 amide bonds. The highest BCUT2D eigenvalue weighted by Gasteiger charge is 2.37. The Bertz CT molecular complexity index is 627. The number of carbonyl (C=O) groups is 1. The number of anilines is 1. The molecule has 1 aliphatic rings. The Morgan fingerprint density at radius 1 is 1.32 bits per heavy atom. The van der Waals surface area contributed by atoms with E-state index in [0.29, 0.717) is 0 Å². The molecule has 19 heavy (non-hydrogen) atoms. The molecule has 0 radical (unpaired) electrons. The molecule has 0 spiro atoms. The number of rotatable bonds is 2. The van der Waals surface area contributed by atoms with Crippen molar-refractivity contribution < 1.29 is 22.0 Å². The minimum atomic E-state index is -3.86. The maximum atomic E-state index is 13.4. The lowest BCUT2D eigenvalue weighted by atomic mass is 10.3. The summed E-state index contributed by atoms with van der Waals surface area (Å²) < 4.78 is 48.8. The fourth-order valence-corrected chi connectivity index (χ4v) is 2.80. The van der Waals surface area contributed by atoms with Crippen molar-refractivity contribution in [2.45, 2.75) is 11.7 Å². The number of nitrogens with two attached hydrogens (primary N) is 1. The summed E-state index contributed by atoms with van der Waals surface area (Å²) in [6.07, 6.45) is -0.294. The summed E-state index contributed by atoms with van der Waals surface area (Å²) in [6, 6.07) is 1.91. The third-order valence-corrected chi connectivity index (χ3v) is 4.84. The van der Waals surface area contributed by atoms with Crippen molar-refractivity contribution in [2.24, 2.45) is 5.14 Å². The molecule has 1 aromatic rings. The molecule has 1 atom stereocenters. The fourth-order valence-electron chi connectivity index (χ4n) is 1.84. The van der Waals surface area contributed by atoms with E-state index >= 15 is 0 Å². The fraction of sp³-hybridized carbons (Fsp3) is 0.300. The molecule has 0 bridgehead atoms. The van der Waals surface area contributed by atoms with Crippen molar-refractivity contribution >= 4 is 37.5 Å². The van der Waals surface area contributed by atoms with Crippen LogP contribution in [0.2, 0.25) is 0 Å². The Morgan fingerprint density at radius 3 is 2.26 bits per heavy atom. The van der Waals surface area contributed by atoms with E-state index in [1.54, 1.807) is 0 Å². The molecule has 5 nitrogen and oxygen atoms in total. The van der Waals surface area contributed by atoms with Crippen LogP contribution in [0.25, 0.3) is 0 Å². The highest BCUT2D eigenvalue weighted by atomic mass is 79.9. The number of nitrogens with zero attached hydrogens (tertiary/aromatic N) is 1. The first-order valence-electron chi connectivity index (χ1n) is 5.16. The van der Waals surface area contributed by atoms with E-state index in [1.165, 1.54) is 0 Å². The number of sulfonamides is 1. The molecule has 1 aliphatic heterocycles. The van der Waals surface area contributed by atoms with E-state index < -0.39 is 32.8 Å². The van der Waals surface area contributed by atoms with Gasteiger partial charge in [0.2, 0.25) is 15.9 Å². The molecule has 1 unspecified atom stereocenters. The predicted molar refractivity (Wildman–Crippen MR) is 67.9 cm³/mol. The molecular weight excluding hydrogens is 346 g/mol. The summed E-state index contributed by atoms with van der Waals surface area (Å²) in [6.45, 7) is -0.210. The van der Waals surface area contributed by atoms with E-state index in [1.807, 2.05) is 0 Å². The molecule has 104 valence electrons. The molecule has 1 heterocycles.